The highest BCUT2D eigenvalue weighted by Gasteiger charge is 2.16. The van der Waals surface area contributed by atoms with Crippen LogP contribution in [0.5, 0.6) is 0 Å². The van der Waals surface area contributed by atoms with E-state index in [0.29, 0.717) is 10.1 Å². The van der Waals surface area contributed by atoms with Gasteiger partial charge in [-0.2, -0.15) is 5.10 Å². The number of nitrogens with one attached hydrogen (secondary N) is 1. The molecule has 0 unspecified atom stereocenters. The SMILES string of the molecule is O=C(Nc1nnc(SCc2ccc(F)cc2)s1)c1nn(-c2ccccc2)ccc1=O. The molecule has 7 nitrogen and oxygen atoms in total. The molecular weight excluding hydrogens is 425 g/mol. The van der Waals surface area contributed by atoms with Crippen molar-refractivity contribution >= 4 is 34.1 Å². The van der Waals surface area contributed by atoms with Crippen LogP contribution < -0.4 is 10.7 Å². The number of amides is 1. The lowest BCUT2D eigenvalue weighted by atomic mass is 10.2. The molecule has 30 heavy (non-hydrogen) atoms. The molecule has 4 rings (SSSR count). The van der Waals surface area contributed by atoms with Crippen LogP contribution in [0.4, 0.5) is 9.52 Å². The number of carbonyl (C=O) groups excluding carboxylic acids is 1. The lowest BCUT2D eigenvalue weighted by Gasteiger charge is -2.06. The number of hydrogen-bond donors (Lipinski definition) is 1. The van der Waals surface area contributed by atoms with Crippen molar-refractivity contribution in [2.45, 2.75) is 10.1 Å². The Morgan fingerprint density at radius 1 is 1.07 bits per heavy atom. The fraction of sp³-hybridized carbons (Fsp3) is 0.0500. The molecule has 0 aliphatic heterocycles. The van der Waals surface area contributed by atoms with Gasteiger partial charge in [0.05, 0.1) is 5.69 Å². The molecule has 0 aliphatic carbocycles. The van der Waals surface area contributed by atoms with Gasteiger partial charge < -0.3 is 0 Å². The van der Waals surface area contributed by atoms with Gasteiger partial charge >= 0.3 is 0 Å². The maximum absolute atomic E-state index is 13.0. The number of halogens is 1. The van der Waals surface area contributed by atoms with Crippen molar-refractivity contribution in [3.63, 3.8) is 0 Å². The van der Waals surface area contributed by atoms with Crippen LogP contribution in [0.2, 0.25) is 0 Å². The predicted octanol–water partition coefficient (Wildman–Crippen LogP) is 3.77. The summed E-state index contributed by atoms with van der Waals surface area (Å²) in [5.41, 5.74) is 0.936. The molecule has 0 bridgehead atoms. The maximum Gasteiger partial charge on any atom is 0.282 e. The summed E-state index contributed by atoms with van der Waals surface area (Å²) in [6.45, 7) is 0. The number of anilines is 1. The lowest BCUT2D eigenvalue weighted by molar-refractivity contribution is 0.101. The van der Waals surface area contributed by atoms with Crippen LogP contribution in [0.15, 0.2) is 76.0 Å². The van der Waals surface area contributed by atoms with Gasteiger partial charge in [0.25, 0.3) is 5.91 Å². The number of aromatic nitrogens is 4. The summed E-state index contributed by atoms with van der Waals surface area (Å²) in [4.78, 5) is 24.7. The molecule has 1 N–H and O–H groups in total. The van der Waals surface area contributed by atoms with E-state index < -0.39 is 11.3 Å². The summed E-state index contributed by atoms with van der Waals surface area (Å²) in [6.07, 6.45) is 1.50. The Bertz CT molecular complexity index is 1230. The van der Waals surface area contributed by atoms with Crippen molar-refractivity contribution in [1.29, 1.82) is 0 Å². The summed E-state index contributed by atoms with van der Waals surface area (Å²) in [5, 5.41) is 14.9. The zero-order chi connectivity index (χ0) is 20.9. The molecule has 4 aromatic rings. The van der Waals surface area contributed by atoms with Crippen LogP contribution in [0.3, 0.4) is 0 Å². The Labute approximate surface area is 178 Å². The number of hydrogen-bond acceptors (Lipinski definition) is 7. The molecule has 0 aliphatic rings. The van der Waals surface area contributed by atoms with Crippen molar-refractivity contribution < 1.29 is 9.18 Å². The Morgan fingerprint density at radius 3 is 2.60 bits per heavy atom. The van der Waals surface area contributed by atoms with E-state index in [4.69, 9.17) is 0 Å². The minimum Gasteiger partial charge on any atom is -0.295 e. The molecule has 1 amide bonds. The molecule has 0 fully saturated rings. The van der Waals surface area contributed by atoms with Gasteiger partial charge in [-0.1, -0.05) is 53.4 Å². The Balaban J connectivity index is 1.44. The fourth-order valence-electron chi connectivity index (χ4n) is 2.49. The molecule has 0 saturated heterocycles. The third-order valence-corrected chi connectivity index (χ3v) is 5.99. The first kappa shape index (κ1) is 19.9. The average molecular weight is 439 g/mol. The topological polar surface area (TPSA) is 89.8 Å². The number of nitrogens with zero attached hydrogens (tertiary/aromatic N) is 4. The molecule has 2 aromatic carbocycles. The number of rotatable bonds is 6. The van der Waals surface area contributed by atoms with E-state index in [1.165, 1.54) is 52.2 Å². The summed E-state index contributed by atoms with van der Waals surface area (Å²) in [6, 6.07) is 16.6. The number of thioether (sulfide) groups is 1. The van der Waals surface area contributed by atoms with Gasteiger partial charge in [-0.15, -0.1) is 10.2 Å². The zero-order valence-corrected chi connectivity index (χ0v) is 17.0. The molecule has 0 radical (unpaired) electrons. The van der Waals surface area contributed by atoms with E-state index in [1.807, 2.05) is 30.3 Å². The Morgan fingerprint density at radius 2 is 1.83 bits per heavy atom. The van der Waals surface area contributed by atoms with Crippen LogP contribution in [-0.4, -0.2) is 25.9 Å². The number of carbonyl (C=O) groups is 1. The number of benzene rings is 2. The molecular formula is C20H14FN5O2S2. The second-order valence-electron chi connectivity index (χ2n) is 6.05. The lowest BCUT2D eigenvalue weighted by Crippen LogP contribution is -2.25. The second-order valence-corrected chi connectivity index (χ2v) is 8.25. The van der Waals surface area contributed by atoms with Crippen molar-refractivity contribution in [2.24, 2.45) is 0 Å². The highest BCUT2D eigenvalue weighted by molar-refractivity contribution is 8.00. The van der Waals surface area contributed by atoms with Crippen molar-refractivity contribution in [1.82, 2.24) is 20.0 Å². The molecule has 2 aromatic heterocycles. The smallest absolute Gasteiger partial charge is 0.282 e. The fourth-order valence-corrected chi connectivity index (χ4v) is 4.19. The van der Waals surface area contributed by atoms with E-state index in [9.17, 15) is 14.0 Å². The Kier molecular flexibility index (Phi) is 5.96. The van der Waals surface area contributed by atoms with Crippen molar-refractivity contribution in [3.05, 3.63) is 94.2 Å². The molecule has 0 atom stereocenters. The quantitative estimate of drug-likeness (QED) is 0.363. The van der Waals surface area contributed by atoms with Gasteiger partial charge in [0.2, 0.25) is 10.6 Å². The van der Waals surface area contributed by atoms with Crippen molar-refractivity contribution in [3.8, 4) is 5.69 Å². The predicted molar refractivity (Wildman–Crippen MR) is 114 cm³/mol. The summed E-state index contributed by atoms with van der Waals surface area (Å²) in [5.74, 6) is -0.354. The van der Waals surface area contributed by atoms with E-state index >= 15 is 0 Å². The van der Waals surface area contributed by atoms with Gasteiger partial charge in [-0.25, -0.2) is 9.07 Å². The van der Waals surface area contributed by atoms with E-state index in [1.54, 1.807) is 12.1 Å². The monoisotopic (exact) mass is 439 g/mol. The zero-order valence-electron chi connectivity index (χ0n) is 15.4. The first-order valence-corrected chi connectivity index (χ1v) is 10.6. The maximum atomic E-state index is 13.0. The van der Waals surface area contributed by atoms with Crippen molar-refractivity contribution in [2.75, 3.05) is 5.32 Å². The van der Waals surface area contributed by atoms with Gasteiger partial charge in [-0.3, -0.25) is 14.9 Å². The van der Waals surface area contributed by atoms with Crippen LogP contribution in [0, 0.1) is 5.82 Å². The van der Waals surface area contributed by atoms with Crippen LogP contribution in [0.1, 0.15) is 16.1 Å². The van der Waals surface area contributed by atoms with Crippen LogP contribution >= 0.6 is 23.1 Å². The third kappa shape index (κ3) is 4.78. The first-order chi connectivity index (χ1) is 14.6. The molecule has 0 saturated carbocycles. The summed E-state index contributed by atoms with van der Waals surface area (Å²) >= 11 is 2.60. The van der Waals surface area contributed by atoms with Gasteiger partial charge in [-0.05, 0) is 29.8 Å². The highest BCUT2D eigenvalue weighted by atomic mass is 32.2. The summed E-state index contributed by atoms with van der Waals surface area (Å²) < 4.78 is 15.1. The van der Waals surface area contributed by atoms with E-state index in [0.717, 1.165) is 11.3 Å². The highest BCUT2D eigenvalue weighted by Crippen LogP contribution is 2.28. The van der Waals surface area contributed by atoms with Crippen LogP contribution in [0.25, 0.3) is 5.69 Å². The van der Waals surface area contributed by atoms with Crippen LogP contribution in [-0.2, 0) is 5.75 Å². The Hall–Kier alpha value is -3.37. The van der Waals surface area contributed by atoms with E-state index in [2.05, 4.69) is 20.6 Å². The minimum absolute atomic E-state index is 0.239. The molecule has 10 heteroatoms. The summed E-state index contributed by atoms with van der Waals surface area (Å²) in [7, 11) is 0. The van der Waals surface area contributed by atoms with E-state index in [-0.39, 0.29) is 16.6 Å². The average Bonchev–Trinajstić information content (AvgIpc) is 3.21. The van der Waals surface area contributed by atoms with Gasteiger partial charge in [0.15, 0.2) is 10.0 Å². The second kappa shape index (κ2) is 8.97. The minimum atomic E-state index is -0.656. The van der Waals surface area contributed by atoms with Gasteiger partial charge in [0, 0.05) is 18.0 Å². The number of para-hydroxylation sites is 1. The molecule has 2 heterocycles. The standard InChI is InChI=1S/C20H14FN5O2S2/c21-14-8-6-13(7-9-14)12-29-20-24-23-19(30-20)22-18(28)17-16(27)10-11-26(25-17)15-4-2-1-3-5-15/h1-11H,12H2,(H,22,23,28). The molecule has 150 valence electrons. The molecule has 0 spiro atoms. The third-order valence-electron chi connectivity index (χ3n) is 3.95. The normalized spacial score (nSPS) is 10.7. The largest absolute Gasteiger partial charge is 0.295 e. The van der Waals surface area contributed by atoms with Gasteiger partial charge in [0.1, 0.15) is 5.82 Å². The first-order valence-electron chi connectivity index (χ1n) is 8.76.